The van der Waals surface area contributed by atoms with Crippen LogP contribution in [0.2, 0.25) is 0 Å². The first-order chi connectivity index (χ1) is 13.0. The van der Waals surface area contributed by atoms with Gasteiger partial charge in [0.1, 0.15) is 5.82 Å². The highest BCUT2D eigenvalue weighted by molar-refractivity contribution is 5.99. The number of aromatic nitrogens is 2. The summed E-state index contributed by atoms with van der Waals surface area (Å²) in [6, 6.07) is 9.72. The number of amides is 1. The molecule has 6 nitrogen and oxygen atoms in total. The Hall–Kier alpha value is -2.76. The standard InChI is InChI=1S/C21H23N3O3/c1-14-22-13-16(18(23-14)15-6-4-3-5-7-15)19(25)24-10-8-21(9-11-24)12-17(21)20(26)27-2/h3-7,13,17H,8-12H2,1-2H3. The Bertz CT molecular complexity index is 873. The maximum Gasteiger partial charge on any atom is 0.309 e. The third-order valence-corrected chi connectivity index (χ3v) is 5.91. The second kappa shape index (κ2) is 6.76. The van der Waals surface area contributed by atoms with Crippen molar-refractivity contribution in [3.8, 4) is 11.3 Å². The summed E-state index contributed by atoms with van der Waals surface area (Å²) in [4.78, 5) is 35.6. The lowest BCUT2D eigenvalue weighted by atomic mass is 9.90. The van der Waals surface area contributed by atoms with Crippen LogP contribution in [0.1, 0.15) is 35.4 Å². The molecule has 0 radical (unpaired) electrons. The van der Waals surface area contributed by atoms with Crippen molar-refractivity contribution in [3.63, 3.8) is 0 Å². The smallest absolute Gasteiger partial charge is 0.309 e. The van der Waals surface area contributed by atoms with Gasteiger partial charge in [0.2, 0.25) is 0 Å². The Balaban J connectivity index is 1.53. The topological polar surface area (TPSA) is 72.4 Å². The predicted octanol–water partition coefficient (Wildman–Crippen LogP) is 2.87. The van der Waals surface area contributed by atoms with Gasteiger partial charge in [-0.3, -0.25) is 9.59 Å². The van der Waals surface area contributed by atoms with E-state index in [-0.39, 0.29) is 23.2 Å². The second-order valence-electron chi connectivity index (χ2n) is 7.48. The molecular weight excluding hydrogens is 342 g/mol. The van der Waals surface area contributed by atoms with Crippen LogP contribution in [0.4, 0.5) is 0 Å². The number of carbonyl (C=O) groups is 2. The molecule has 2 heterocycles. The molecule has 1 amide bonds. The van der Waals surface area contributed by atoms with Crippen molar-refractivity contribution in [3.05, 3.63) is 47.9 Å². The van der Waals surface area contributed by atoms with E-state index < -0.39 is 0 Å². The van der Waals surface area contributed by atoms with Gasteiger partial charge in [-0.15, -0.1) is 0 Å². The first-order valence-electron chi connectivity index (χ1n) is 9.30. The van der Waals surface area contributed by atoms with E-state index in [9.17, 15) is 9.59 Å². The van der Waals surface area contributed by atoms with Crippen molar-refractivity contribution in [2.45, 2.75) is 26.2 Å². The highest BCUT2D eigenvalue weighted by Gasteiger charge is 2.59. The summed E-state index contributed by atoms with van der Waals surface area (Å²) in [5.74, 6) is 0.483. The van der Waals surface area contributed by atoms with Crippen LogP contribution >= 0.6 is 0 Å². The molecule has 1 aliphatic heterocycles. The number of benzene rings is 1. The molecule has 1 spiro atoms. The summed E-state index contributed by atoms with van der Waals surface area (Å²) in [5, 5.41) is 0. The molecule has 1 saturated carbocycles. The van der Waals surface area contributed by atoms with Crippen molar-refractivity contribution in [1.29, 1.82) is 0 Å². The van der Waals surface area contributed by atoms with Gasteiger partial charge in [-0.05, 0) is 31.6 Å². The van der Waals surface area contributed by atoms with Crippen LogP contribution in [0.15, 0.2) is 36.5 Å². The Morgan fingerprint density at radius 2 is 1.89 bits per heavy atom. The van der Waals surface area contributed by atoms with Gasteiger partial charge in [-0.2, -0.15) is 0 Å². The minimum atomic E-state index is -0.118. The van der Waals surface area contributed by atoms with Gasteiger partial charge in [0.25, 0.3) is 5.91 Å². The van der Waals surface area contributed by atoms with Gasteiger partial charge >= 0.3 is 5.97 Å². The Labute approximate surface area is 158 Å². The fourth-order valence-corrected chi connectivity index (χ4v) is 4.14. The average molecular weight is 365 g/mol. The van der Waals surface area contributed by atoms with Gasteiger partial charge in [0, 0.05) is 24.8 Å². The fourth-order valence-electron chi connectivity index (χ4n) is 4.14. The van der Waals surface area contributed by atoms with Gasteiger partial charge in [0.05, 0.1) is 24.3 Å². The van der Waals surface area contributed by atoms with Crippen LogP contribution in [0.5, 0.6) is 0 Å². The molecule has 1 unspecified atom stereocenters. The number of aryl methyl sites for hydroxylation is 1. The van der Waals surface area contributed by atoms with Crippen LogP contribution < -0.4 is 0 Å². The van der Waals surface area contributed by atoms with Crippen LogP contribution in [0.25, 0.3) is 11.3 Å². The Morgan fingerprint density at radius 1 is 1.19 bits per heavy atom. The highest BCUT2D eigenvalue weighted by Crippen LogP contribution is 2.59. The molecular formula is C21H23N3O3. The van der Waals surface area contributed by atoms with Crippen LogP contribution in [0.3, 0.4) is 0 Å². The minimum Gasteiger partial charge on any atom is -0.469 e. The molecule has 6 heteroatoms. The number of nitrogens with zero attached hydrogens (tertiary/aromatic N) is 3. The van der Waals surface area contributed by atoms with Crippen molar-refractivity contribution < 1.29 is 14.3 Å². The number of hydrogen-bond acceptors (Lipinski definition) is 5. The van der Waals surface area contributed by atoms with Gasteiger partial charge in [-0.1, -0.05) is 30.3 Å². The molecule has 2 aromatic rings. The molecule has 1 saturated heterocycles. The SMILES string of the molecule is COC(=O)C1CC12CCN(C(=O)c1cnc(C)nc1-c1ccccc1)CC2. The van der Waals surface area contributed by atoms with E-state index in [0.29, 0.717) is 30.2 Å². The maximum absolute atomic E-state index is 13.2. The molecule has 4 rings (SSSR count). The molecule has 1 atom stereocenters. The summed E-state index contributed by atoms with van der Waals surface area (Å²) in [7, 11) is 1.44. The monoisotopic (exact) mass is 365 g/mol. The van der Waals surface area contributed by atoms with Crippen molar-refractivity contribution in [2.24, 2.45) is 11.3 Å². The highest BCUT2D eigenvalue weighted by atomic mass is 16.5. The molecule has 2 aliphatic rings. The molecule has 1 aromatic carbocycles. The summed E-state index contributed by atoms with van der Waals surface area (Å²) in [6.07, 6.45) is 4.19. The third kappa shape index (κ3) is 3.20. The quantitative estimate of drug-likeness (QED) is 0.782. The molecule has 0 bridgehead atoms. The first kappa shape index (κ1) is 17.6. The maximum atomic E-state index is 13.2. The lowest BCUT2D eigenvalue weighted by Gasteiger charge is -2.33. The molecule has 2 fully saturated rings. The number of hydrogen-bond donors (Lipinski definition) is 0. The van der Waals surface area contributed by atoms with E-state index >= 15 is 0 Å². The number of carbonyl (C=O) groups excluding carboxylic acids is 2. The van der Waals surface area contributed by atoms with Crippen molar-refractivity contribution in [1.82, 2.24) is 14.9 Å². The normalized spacial score (nSPS) is 20.4. The number of piperidine rings is 1. The number of rotatable bonds is 3. The minimum absolute atomic E-state index is 0.00217. The average Bonchev–Trinajstić information content (AvgIpc) is 3.41. The predicted molar refractivity (Wildman–Crippen MR) is 99.9 cm³/mol. The lowest BCUT2D eigenvalue weighted by Crippen LogP contribution is -2.40. The number of likely N-dealkylation sites (tertiary alicyclic amines) is 1. The lowest BCUT2D eigenvalue weighted by molar-refractivity contribution is -0.143. The second-order valence-corrected chi connectivity index (χ2v) is 7.48. The third-order valence-electron chi connectivity index (χ3n) is 5.91. The summed E-state index contributed by atoms with van der Waals surface area (Å²) in [5.41, 5.74) is 2.15. The van der Waals surface area contributed by atoms with Gasteiger partial charge < -0.3 is 9.64 Å². The summed E-state index contributed by atoms with van der Waals surface area (Å²) in [6.45, 7) is 3.12. The van der Waals surface area contributed by atoms with E-state index in [1.165, 1.54) is 7.11 Å². The van der Waals surface area contributed by atoms with Gasteiger partial charge in [0.15, 0.2) is 0 Å². The zero-order chi connectivity index (χ0) is 19.0. The molecule has 1 aromatic heterocycles. The van der Waals surface area contributed by atoms with E-state index in [2.05, 4.69) is 9.97 Å². The fraction of sp³-hybridized carbons (Fsp3) is 0.429. The Kier molecular flexibility index (Phi) is 4.42. The Morgan fingerprint density at radius 3 is 2.56 bits per heavy atom. The van der Waals surface area contributed by atoms with E-state index in [1.807, 2.05) is 42.2 Å². The summed E-state index contributed by atoms with van der Waals surface area (Å²) >= 11 is 0. The van der Waals surface area contributed by atoms with Crippen LogP contribution in [0, 0.1) is 18.3 Å². The zero-order valence-corrected chi connectivity index (χ0v) is 15.6. The van der Waals surface area contributed by atoms with Crippen LogP contribution in [-0.4, -0.2) is 46.9 Å². The van der Waals surface area contributed by atoms with Crippen molar-refractivity contribution in [2.75, 3.05) is 20.2 Å². The van der Waals surface area contributed by atoms with Crippen molar-refractivity contribution >= 4 is 11.9 Å². The van der Waals surface area contributed by atoms with E-state index in [4.69, 9.17) is 4.74 Å². The molecule has 0 N–H and O–H groups in total. The van der Waals surface area contributed by atoms with E-state index in [1.54, 1.807) is 6.20 Å². The zero-order valence-electron chi connectivity index (χ0n) is 15.6. The number of esters is 1. The van der Waals surface area contributed by atoms with E-state index in [0.717, 1.165) is 24.8 Å². The number of methoxy groups -OCH3 is 1. The summed E-state index contributed by atoms with van der Waals surface area (Å²) < 4.78 is 4.89. The van der Waals surface area contributed by atoms with Gasteiger partial charge in [-0.25, -0.2) is 9.97 Å². The molecule has 140 valence electrons. The molecule has 1 aliphatic carbocycles. The largest absolute Gasteiger partial charge is 0.469 e. The van der Waals surface area contributed by atoms with Crippen LogP contribution in [-0.2, 0) is 9.53 Å². The first-order valence-corrected chi connectivity index (χ1v) is 9.30. The number of ether oxygens (including phenoxy) is 1. The molecule has 27 heavy (non-hydrogen) atoms.